The lowest BCUT2D eigenvalue weighted by Gasteiger charge is -2.35. The van der Waals surface area contributed by atoms with Gasteiger partial charge >= 0.3 is 0 Å². The van der Waals surface area contributed by atoms with E-state index in [9.17, 15) is 17.2 Å². The summed E-state index contributed by atoms with van der Waals surface area (Å²) in [6, 6.07) is 9.69. The second-order valence-corrected chi connectivity index (χ2v) is 7.79. The molecule has 4 nitrogen and oxygen atoms in total. The molecule has 0 N–H and O–H groups in total. The summed E-state index contributed by atoms with van der Waals surface area (Å²) in [4.78, 5) is 1.40. The van der Waals surface area contributed by atoms with E-state index in [1.807, 2.05) is 17.0 Å². The van der Waals surface area contributed by atoms with Crippen molar-refractivity contribution in [2.24, 2.45) is 0 Å². The molecule has 1 aliphatic heterocycles. The Bertz CT molecular complexity index is 836. The van der Waals surface area contributed by atoms with Crippen LogP contribution in [-0.2, 0) is 10.0 Å². The summed E-state index contributed by atoms with van der Waals surface area (Å²) in [5.74, 6) is -1.73. The van der Waals surface area contributed by atoms with Crippen LogP contribution in [0.25, 0.3) is 0 Å². The lowest BCUT2D eigenvalue weighted by Crippen LogP contribution is -2.48. The number of rotatable bonds is 3. The highest BCUT2D eigenvalue weighted by Crippen LogP contribution is 2.24. The fourth-order valence-electron chi connectivity index (χ4n) is 2.65. The smallest absolute Gasteiger partial charge is 0.246 e. The Labute approximate surface area is 144 Å². The number of hydrogen-bond donors (Lipinski definition) is 0. The summed E-state index contributed by atoms with van der Waals surface area (Å²) in [6.45, 7) is 1.30. The summed E-state index contributed by atoms with van der Waals surface area (Å²) >= 11 is 5.86. The van der Waals surface area contributed by atoms with Crippen LogP contribution in [0.1, 0.15) is 0 Å². The lowest BCUT2D eigenvalue weighted by molar-refractivity contribution is 0.382. The Hall–Kier alpha value is -1.70. The highest BCUT2D eigenvalue weighted by Gasteiger charge is 2.31. The molecule has 2 aromatic rings. The fraction of sp³-hybridized carbons (Fsp3) is 0.250. The minimum atomic E-state index is -4.06. The van der Waals surface area contributed by atoms with Gasteiger partial charge in [0.2, 0.25) is 10.0 Å². The standard InChI is InChI=1S/C16H15ClF2N2O2S/c17-12-1-4-14(5-2-12)20-7-9-21(10-8-20)24(22,23)16-11-13(18)3-6-15(16)19/h1-6,11H,7-10H2. The molecule has 0 unspecified atom stereocenters. The van der Waals surface area contributed by atoms with Gasteiger partial charge in [-0.2, -0.15) is 4.31 Å². The first kappa shape index (κ1) is 17.1. The van der Waals surface area contributed by atoms with Crippen molar-refractivity contribution in [3.05, 3.63) is 59.1 Å². The maximum atomic E-state index is 13.8. The summed E-state index contributed by atoms with van der Waals surface area (Å²) in [6.07, 6.45) is 0. The number of halogens is 3. The molecule has 1 saturated heterocycles. The van der Waals surface area contributed by atoms with Crippen LogP contribution in [0.2, 0.25) is 5.02 Å². The van der Waals surface area contributed by atoms with Crippen molar-refractivity contribution in [1.82, 2.24) is 4.31 Å². The topological polar surface area (TPSA) is 40.6 Å². The lowest BCUT2D eigenvalue weighted by atomic mass is 10.2. The van der Waals surface area contributed by atoms with Gasteiger partial charge in [0.1, 0.15) is 16.5 Å². The molecular formula is C16H15ClF2N2O2S. The van der Waals surface area contributed by atoms with Crippen LogP contribution in [0, 0.1) is 11.6 Å². The minimum Gasteiger partial charge on any atom is -0.369 e. The van der Waals surface area contributed by atoms with E-state index < -0.39 is 26.6 Å². The molecule has 0 radical (unpaired) electrons. The first-order chi connectivity index (χ1) is 11.4. The zero-order valence-corrected chi connectivity index (χ0v) is 14.2. The van der Waals surface area contributed by atoms with Gasteiger partial charge in [0.15, 0.2) is 0 Å². The van der Waals surface area contributed by atoms with Gasteiger partial charge in [0.05, 0.1) is 0 Å². The second kappa shape index (κ2) is 6.66. The molecule has 1 heterocycles. The maximum Gasteiger partial charge on any atom is 0.246 e. The number of benzene rings is 2. The van der Waals surface area contributed by atoms with Gasteiger partial charge in [-0.3, -0.25) is 0 Å². The molecule has 1 fully saturated rings. The number of hydrogen-bond acceptors (Lipinski definition) is 3. The molecule has 0 spiro atoms. The molecule has 0 aliphatic carbocycles. The quantitative estimate of drug-likeness (QED) is 0.831. The molecular weight excluding hydrogens is 358 g/mol. The normalized spacial score (nSPS) is 16.4. The van der Waals surface area contributed by atoms with Crippen molar-refractivity contribution in [3.8, 4) is 0 Å². The van der Waals surface area contributed by atoms with E-state index in [4.69, 9.17) is 11.6 Å². The van der Waals surface area contributed by atoms with Crippen LogP contribution in [0.4, 0.5) is 14.5 Å². The molecule has 0 bridgehead atoms. The first-order valence-electron chi connectivity index (χ1n) is 7.33. The van der Waals surface area contributed by atoms with Crippen molar-refractivity contribution < 1.29 is 17.2 Å². The highest BCUT2D eigenvalue weighted by molar-refractivity contribution is 7.89. The van der Waals surface area contributed by atoms with Gasteiger partial charge in [-0.1, -0.05) is 11.6 Å². The Morgan fingerprint density at radius 1 is 0.917 bits per heavy atom. The molecule has 0 saturated carbocycles. The predicted octanol–water partition coefficient (Wildman–Crippen LogP) is 3.13. The Balaban J connectivity index is 1.76. The summed E-state index contributed by atoms with van der Waals surface area (Å²) in [5.41, 5.74) is 0.938. The van der Waals surface area contributed by atoms with Gasteiger partial charge < -0.3 is 4.90 Å². The summed E-state index contributed by atoms with van der Waals surface area (Å²) in [5, 5.41) is 0.626. The molecule has 0 aromatic heterocycles. The summed E-state index contributed by atoms with van der Waals surface area (Å²) < 4.78 is 53.3. The Kier molecular flexibility index (Phi) is 4.76. The van der Waals surface area contributed by atoms with Crippen LogP contribution in [-0.4, -0.2) is 38.9 Å². The average molecular weight is 373 g/mol. The Morgan fingerprint density at radius 2 is 1.54 bits per heavy atom. The molecule has 2 aromatic carbocycles. The molecule has 24 heavy (non-hydrogen) atoms. The van der Waals surface area contributed by atoms with Crippen molar-refractivity contribution in [1.29, 1.82) is 0 Å². The van der Waals surface area contributed by atoms with Gasteiger partial charge in [0, 0.05) is 36.9 Å². The summed E-state index contributed by atoms with van der Waals surface area (Å²) in [7, 11) is -4.06. The van der Waals surface area contributed by atoms with E-state index in [0.717, 1.165) is 23.9 Å². The highest BCUT2D eigenvalue weighted by atomic mass is 35.5. The molecule has 8 heteroatoms. The van der Waals surface area contributed by atoms with E-state index in [-0.39, 0.29) is 13.1 Å². The molecule has 0 atom stereocenters. The van der Waals surface area contributed by atoms with Gasteiger partial charge in [-0.25, -0.2) is 17.2 Å². The van der Waals surface area contributed by atoms with E-state index >= 15 is 0 Å². The zero-order chi connectivity index (χ0) is 17.3. The third kappa shape index (κ3) is 3.38. The monoisotopic (exact) mass is 372 g/mol. The number of sulfonamides is 1. The van der Waals surface area contributed by atoms with Crippen LogP contribution < -0.4 is 4.90 Å². The van der Waals surface area contributed by atoms with Crippen molar-refractivity contribution >= 4 is 27.3 Å². The van der Waals surface area contributed by atoms with E-state index in [0.29, 0.717) is 18.1 Å². The predicted molar refractivity (Wildman–Crippen MR) is 88.8 cm³/mol. The SMILES string of the molecule is O=S(=O)(c1cc(F)ccc1F)N1CCN(c2ccc(Cl)cc2)CC1. The molecule has 3 rings (SSSR count). The molecule has 128 valence electrons. The van der Waals surface area contributed by atoms with E-state index in [1.54, 1.807) is 12.1 Å². The second-order valence-electron chi connectivity index (χ2n) is 5.44. The fourth-order valence-corrected chi connectivity index (χ4v) is 4.28. The third-order valence-corrected chi connectivity index (χ3v) is 6.11. The van der Waals surface area contributed by atoms with Gasteiger partial charge in [-0.15, -0.1) is 0 Å². The van der Waals surface area contributed by atoms with Crippen molar-refractivity contribution in [2.45, 2.75) is 4.90 Å². The van der Waals surface area contributed by atoms with Crippen LogP contribution in [0.3, 0.4) is 0 Å². The van der Waals surface area contributed by atoms with Gasteiger partial charge in [-0.05, 0) is 42.5 Å². The largest absolute Gasteiger partial charge is 0.369 e. The van der Waals surface area contributed by atoms with Gasteiger partial charge in [0.25, 0.3) is 0 Å². The van der Waals surface area contributed by atoms with Crippen LogP contribution in [0.5, 0.6) is 0 Å². The Morgan fingerprint density at radius 3 is 2.17 bits per heavy atom. The molecule has 1 aliphatic rings. The van der Waals surface area contributed by atoms with Crippen molar-refractivity contribution in [3.63, 3.8) is 0 Å². The number of piperazine rings is 1. The van der Waals surface area contributed by atoms with Crippen molar-refractivity contribution in [2.75, 3.05) is 31.1 Å². The average Bonchev–Trinajstić information content (AvgIpc) is 2.58. The molecule has 0 amide bonds. The van der Waals surface area contributed by atoms with E-state index in [1.165, 1.54) is 4.31 Å². The maximum absolute atomic E-state index is 13.8. The number of anilines is 1. The third-order valence-electron chi connectivity index (χ3n) is 3.94. The first-order valence-corrected chi connectivity index (χ1v) is 9.15. The van der Waals surface area contributed by atoms with Crippen LogP contribution in [0.15, 0.2) is 47.4 Å². The zero-order valence-electron chi connectivity index (χ0n) is 12.6. The minimum absolute atomic E-state index is 0.195. The number of nitrogens with zero attached hydrogens (tertiary/aromatic N) is 2. The van der Waals surface area contributed by atoms with E-state index in [2.05, 4.69) is 0 Å². The van der Waals surface area contributed by atoms with Crippen LogP contribution >= 0.6 is 11.6 Å².